The molecule has 0 saturated carbocycles. The Labute approximate surface area is 182 Å². The van der Waals surface area contributed by atoms with Gasteiger partial charge in [-0.1, -0.05) is 18.2 Å². The summed E-state index contributed by atoms with van der Waals surface area (Å²) < 4.78 is 16.0. The van der Waals surface area contributed by atoms with Crippen molar-refractivity contribution in [2.75, 3.05) is 24.5 Å². The Kier molecular flexibility index (Phi) is 6.45. The second-order valence-electron chi connectivity index (χ2n) is 7.61. The summed E-state index contributed by atoms with van der Waals surface area (Å²) in [4.78, 5) is 11.0. The first-order valence-electron chi connectivity index (χ1n) is 10.6. The molecule has 3 aromatic rings. The first-order valence-corrected chi connectivity index (χ1v) is 10.6. The topological polar surface area (TPSA) is 70.4 Å². The molecule has 2 N–H and O–H groups in total. The minimum absolute atomic E-state index is 0.170. The lowest BCUT2D eigenvalue weighted by Gasteiger charge is -2.20. The molecule has 1 saturated heterocycles. The predicted molar refractivity (Wildman–Crippen MR) is 121 cm³/mol. The molecular formula is C23H28FN7. The molecule has 8 heteroatoms. The van der Waals surface area contributed by atoms with Gasteiger partial charge in [0, 0.05) is 38.1 Å². The summed E-state index contributed by atoms with van der Waals surface area (Å²) in [6, 6.07) is 13.4. The first-order chi connectivity index (χ1) is 15.1. The number of para-hydroxylation sites is 1. The zero-order valence-electron chi connectivity index (χ0n) is 17.9. The molecule has 1 fully saturated rings. The quantitative estimate of drug-likeness (QED) is 0.473. The second kappa shape index (κ2) is 9.59. The molecule has 1 aliphatic heterocycles. The lowest BCUT2D eigenvalue weighted by molar-refractivity contribution is 0.612. The van der Waals surface area contributed by atoms with Crippen molar-refractivity contribution in [3.8, 4) is 5.69 Å². The third kappa shape index (κ3) is 5.02. The molecule has 0 aliphatic carbocycles. The van der Waals surface area contributed by atoms with Gasteiger partial charge in [0.2, 0.25) is 0 Å². The molecular weight excluding hydrogens is 393 g/mol. The number of aliphatic imine (C=N–C) groups is 1. The van der Waals surface area contributed by atoms with Gasteiger partial charge in [0.1, 0.15) is 0 Å². The van der Waals surface area contributed by atoms with Gasteiger partial charge >= 0.3 is 0 Å². The second-order valence-corrected chi connectivity index (χ2v) is 7.61. The number of rotatable bonds is 6. The van der Waals surface area contributed by atoms with Crippen LogP contribution in [-0.2, 0) is 6.54 Å². The number of aryl methyl sites for hydroxylation is 1. The number of halogens is 1. The van der Waals surface area contributed by atoms with Crippen LogP contribution in [0.4, 0.5) is 10.2 Å². The predicted octanol–water partition coefficient (Wildman–Crippen LogP) is 3.05. The molecule has 4 rings (SSSR count). The number of benzene rings is 1. The van der Waals surface area contributed by atoms with Gasteiger partial charge < -0.3 is 15.5 Å². The van der Waals surface area contributed by atoms with Gasteiger partial charge in [0.25, 0.3) is 0 Å². The molecule has 1 aliphatic rings. The Morgan fingerprint density at radius 2 is 2.10 bits per heavy atom. The number of aromatic nitrogens is 3. The van der Waals surface area contributed by atoms with Crippen molar-refractivity contribution in [2.24, 2.45) is 4.99 Å². The fourth-order valence-corrected chi connectivity index (χ4v) is 3.78. The van der Waals surface area contributed by atoms with Crippen LogP contribution in [-0.4, -0.2) is 46.4 Å². The van der Waals surface area contributed by atoms with Crippen molar-refractivity contribution in [3.05, 3.63) is 71.9 Å². The molecule has 1 unspecified atom stereocenters. The van der Waals surface area contributed by atoms with E-state index in [4.69, 9.17) is 4.99 Å². The van der Waals surface area contributed by atoms with Crippen LogP contribution in [0.5, 0.6) is 0 Å². The van der Waals surface area contributed by atoms with E-state index >= 15 is 0 Å². The summed E-state index contributed by atoms with van der Waals surface area (Å²) in [5, 5.41) is 11.3. The zero-order chi connectivity index (χ0) is 21.6. The van der Waals surface area contributed by atoms with Crippen molar-refractivity contribution in [2.45, 2.75) is 32.9 Å². The number of nitrogens with zero attached hydrogens (tertiary/aromatic N) is 5. The van der Waals surface area contributed by atoms with Crippen molar-refractivity contribution in [3.63, 3.8) is 0 Å². The number of hydrogen-bond donors (Lipinski definition) is 2. The highest BCUT2D eigenvalue weighted by atomic mass is 19.1. The van der Waals surface area contributed by atoms with Crippen molar-refractivity contribution < 1.29 is 4.39 Å². The Bertz CT molecular complexity index is 1050. The standard InChI is InChI=1S/C23H28FN7/c1-3-25-23(28-19-11-13-30(16-19)22-20(24)8-6-12-26-22)27-15-18-7-4-5-9-21(18)31-14-10-17(2)29-31/h4-10,12,14,19H,3,11,13,15-16H2,1-2H3,(H2,25,27,28). The maximum Gasteiger partial charge on any atom is 0.191 e. The molecule has 1 aromatic carbocycles. The maximum atomic E-state index is 14.1. The van der Waals surface area contributed by atoms with Gasteiger partial charge in [-0.25, -0.2) is 19.0 Å². The molecule has 0 spiro atoms. The first kappa shape index (κ1) is 20.8. The summed E-state index contributed by atoms with van der Waals surface area (Å²) in [5.74, 6) is 0.883. The highest BCUT2D eigenvalue weighted by Gasteiger charge is 2.26. The normalized spacial score (nSPS) is 16.5. The SMILES string of the molecule is CCNC(=NCc1ccccc1-n1ccc(C)n1)NC1CCN(c2ncccc2F)C1. The van der Waals surface area contributed by atoms with E-state index in [1.165, 1.54) is 6.07 Å². The number of guanidine groups is 1. The van der Waals surface area contributed by atoms with E-state index in [-0.39, 0.29) is 11.9 Å². The highest BCUT2D eigenvalue weighted by Crippen LogP contribution is 2.21. The van der Waals surface area contributed by atoms with E-state index in [2.05, 4.69) is 26.8 Å². The molecule has 0 amide bonds. The maximum absolute atomic E-state index is 14.1. The van der Waals surface area contributed by atoms with E-state index in [9.17, 15) is 4.39 Å². The van der Waals surface area contributed by atoms with E-state index in [0.717, 1.165) is 42.4 Å². The number of pyridine rings is 1. The largest absolute Gasteiger partial charge is 0.357 e. The highest BCUT2D eigenvalue weighted by molar-refractivity contribution is 5.80. The fourth-order valence-electron chi connectivity index (χ4n) is 3.78. The lowest BCUT2D eigenvalue weighted by Crippen LogP contribution is -2.44. The Hall–Kier alpha value is -3.42. The van der Waals surface area contributed by atoms with E-state index in [1.54, 1.807) is 12.3 Å². The average Bonchev–Trinajstić information content (AvgIpc) is 3.42. The van der Waals surface area contributed by atoms with E-state index in [1.807, 2.05) is 53.9 Å². The van der Waals surface area contributed by atoms with Crippen molar-refractivity contribution in [1.82, 2.24) is 25.4 Å². The van der Waals surface area contributed by atoms with E-state index < -0.39 is 0 Å². The van der Waals surface area contributed by atoms with Gasteiger partial charge in [-0.15, -0.1) is 0 Å². The Morgan fingerprint density at radius 1 is 1.23 bits per heavy atom. The number of nitrogens with one attached hydrogen (secondary N) is 2. The minimum Gasteiger partial charge on any atom is -0.357 e. The monoisotopic (exact) mass is 421 g/mol. The summed E-state index contributed by atoms with van der Waals surface area (Å²) in [6.07, 6.45) is 4.48. The molecule has 162 valence electrons. The van der Waals surface area contributed by atoms with Crippen LogP contribution in [0, 0.1) is 12.7 Å². The number of anilines is 1. The molecule has 1 atom stereocenters. The van der Waals surface area contributed by atoms with Crippen LogP contribution in [0.1, 0.15) is 24.6 Å². The van der Waals surface area contributed by atoms with Gasteiger partial charge in [-0.05, 0) is 50.1 Å². The minimum atomic E-state index is -0.283. The third-order valence-electron chi connectivity index (χ3n) is 5.28. The van der Waals surface area contributed by atoms with Gasteiger partial charge in [0.05, 0.1) is 17.9 Å². The molecule has 2 aromatic heterocycles. The third-order valence-corrected chi connectivity index (χ3v) is 5.28. The van der Waals surface area contributed by atoms with Crippen LogP contribution in [0.3, 0.4) is 0 Å². The molecule has 31 heavy (non-hydrogen) atoms. The molecule has 0 bridgehead atoms. The lowest BCUT2D eigenvalue weighted by atomic mass is 10.2. The summed E-state index contributed by atoms with van der Waals surface area (Å²) in [5.41, 5.74) is 3.09. The van der Waals surface area contributed by atoms with Gasteiger partial charge in [0.15, 0.2) is 17.6 Å². The number of hydrogen-bond acceptors (Lipinski definition) is 4. The molecule has 0 radical (unpaired) electrons. The van der Waals surface area contributed by atoms with Crippen LogP contribution in [0.15, 0.2) is 59.9 Å². The zero-order valence-corrected chi connectivity index (χ0v) is 17.9. The fraction of sp³-hybridized carbons (Fsp3) is 0.348. The van der Waals surface area contributed by atoms with Crippen molar-refractivity contribution in [1.29, 1.82) is 0 Å². The van der Waals surface area contributed by atoms with Crippen LogP contribution in [0.2, 0.25) is 0 Å². The van der Waals surface area contributed by atoms with Gasteiger partial charge in [-0.2, -0.15) is 5.10 Å². The van der Waals surface area contributed by atoms with Crippen LogP contribution >= 0.6 is 0 Å². The Balaban J connectivity index is 1.45. The van der Waals surface area contributed by atoms with Crippen LogP contribution in [0.25, 0.3) is 5.69 Å². The summed E-state index contributed by atoms with van der Waals surface area (Å²) >= 11 is 0. The van der Waals surface area contributed by atoms with Crippen molar-refractivity contribution >= 4 is 11.8 Å². The summed E-state index contributed by atoms with van der Waals surface area (Å²) in [7, 11) is 0. The van der Waals surface area contributed by atoms with Gasteiger partial charge in [-0.3, -0.25) is 0 Å². The Morgan fingerprint density at radius 3 is 2.87 bits per heavy atom. The van der Waals surface area contributed by atoms with E-state index in [0.29, 0.717) is 18.9 Å². The molecule has 7 nitrogen and oxygen atoms in total. The smallest absolute Gasteiger partial charge is 0.191 e. The average molecular weight is 422 g/mol. The van der Waals surface area contributed by atoms with Crippen LogP contribution < -0.4 is 15.5 Å². The summed E-state index contributed by atoms with van der Waals surface area (Å²) in [6.45, 7) is 6.74. The molecule has 3 heterocycles.